The zero-order chi connectivity index (χ0) is 23.5. The highest BCUT2D eigenvalue weighted by atomic mass is 16.5. The number of pyridine rings is 1. The van der Waals surface area contributed by atoms with Gasteiger partial charge in [0.15, 0.2) is 0 Å². The van der Waals surface area contributed by atoms with E-state index in [4.69, 9.17) is 4.74 Å². The van der Waals surface area contributed by atoms with Gasteiger partial charge in [-0.1, -0.05) is 19.9 Å². The van der Waals surface area contributed by atoms with E-state index >= 15 is 0 Å². The molecule has 1 saturated heterocycles. The molecule has 33 heavy (non-hydrogen) atoms. The second kappa shape index (κ2) is 9.91. The molecule has 2 amide bonds. The molecule has 1 fully saturated rings. The van der Waals surface area contributed by atoms with Gasteiger partial charge in [-0.3, -0.25) is 9.59 Å². The van der Waals surface area contributed by atoms with Crippen LogP contribution in [0, 0.1) is 12.8 Å². The first-order valence-electron chi connectivity index (χ1n) is 11.9. The fraction of sp³-hybridized carbons (Fsp3) is 0.500. The van der Waals surface area contributed by atoms with Crippen LogP contribution in [0.2, 0.25) is 0 Å². The molecule has 0 saturated carbocycles. The van der Waals surface area contributed by atoms with Gasteiger partial charge in [-0.25, -0.2) is 4.98 Å². The Bertz CT molecular complexity index is 1020. The number of amides is 2. The van der Waals surface area contributed by atoms with Crippen LogP contribution in [0.5, 0.6) is 0 Å². The molecule has 7 heteroatoms. The van der Waals surface area contributed by atoms with Gasteiger partial charge in [0.1, 0.15) is 5.82 Å². The molecule has 2 aliphatic rings. The molecule has 1 unspecified atom stereocenters. The molecule has 1 aromatic heterocycles. The van der Waals surface area contributed by atoms with Gasteiger partial charge in [-0.2, -0.15) is 0 Å². The summed E-state index contributed by atoms with van der Waals surface area (Å²) in [5.41, 5.74) is 3.35. The van der Waals surface area contributed by atoms with Crippen molar-refractivity contribution in [1.29, 1.82) is 0 Å². The van der Waals surface area contributed by atoms with Gasteiger partial charge in [0.2, 0.25) is 5.91 Å². The average Bonchev–Trinajstić information content (AvgIpc) is 2.80. The number of hydrogen-bond acceptors (Lipinski definition) is 5. The molecule has 7 nitrogen and oxygen atoms in total. The van der Waals surface area contributed by atoms with Crippen molar-refractivity contribution in [3.63, 3.8) is 0 Å². The lowest BCUT2D eigenvalue weighted by molar-refractivity contribution is -0.117. The lowest BCUT2D eigenvalue weighted by Gasteiger charge is -2.45. The van der Waals surface area contributed by atoms with E-state index in [0.717, 1.165) is 42.0 Å². The summed E-state index contributed by atoms with van der Waals surface area (Å²) in [7, 11) is 0. The first-order valence-corrected chi connectivity index (χ1v) is 11.9. The summed E-state index contributed by atoms with van der Waals surface area (Å²) in [6.07, 6.45) is 2.49. The number of nitrogens with zero attached hydrogens (tertiary/aromatic N) is 2. The Morgan fingerprint density at radius 3 is 2.61 bits per heavy atom. The third-order valence-electron chi connectivity index (χ3n) is 6.85. The van der Waals surface area contributed by atoms with E-state index in [1.54, 1.807) is 6.92 Å². The maximum atomic E-state index is 13.1. The molecule has 2 aliphatic heterocycles. The topological polar surface area (TPSA) is 83.6 Å². The SMILES string of the molecule is CC[C@H]1[C@H](C)C(Nc2cccc(C)n2)c2cc(C(=O)NC3CCOCC3)ccc2N1C(C)=O. The zero-order valence-corrected chi connectivity index (χ0v) is 19.9. The van der Waals surface area contributed by atoms with Crippen LogP contribution in [0.25, 0.3) is 0 Å². The lowest BCUT2D eigenvalue weighted by atomic mass is 9.80. The molecule has 0 aliphatic carbocycles. The van der Waals surface area contributed by atoms with Gasteiger partial charge < -0.3 is 20.3 Å². The Morgan fingerprint density at radius 2 is 1.94 bits per heavy atom. The molecule has 2 aromatic rings. The number of anilines is 2. The molecule has 1 aromatic carbocycles. The van der Waals surface area contributed by atoms with Crippen molar-refractivity contribution < 1.29 is 14.3 Å². The highest BCUT2D eigenvalue weighted by Crippen LogP contribution is 2.43. The minimum Gasteiger partial charge on any atom is -0.381 e. The van der Waals surface area contributed by atoms with Gasteiger partial charge in [-0.15, -0.1) is 0 Å². The first kappa shape index (κ1) is 23.2. The Labute approximate surface area is 195 Å². The first-order chi connectivity index (χ1) is 15.9. The molecule has 0 spiro atoms. The zero-order valence-electron chi connectivity index (χ0n) is 19.9. The highest BCUT2D eigenvalue weighted by molar-refractivity contribution is 5.98. The van der Waals surface area contributed by atoms with Gasteiger partial charge >= 0.3 is 0 Å². The predicted molar refractivity (Wildman–Crippen MR) is 129 cm³/mol. The van der Waals surface area contributed by atoms with Crippen molar-refractivity contribution >= 4 is 23.3 Å². The van der Waals surface area contributed by atoms with E-state index in [2.05, 4.69) is 29.5 Å². The maximum absolute atomic E-state index is 13.1. The van der Waals surface area contributed by atoms with Crippen LogP contribution in [0.1, 0.15) is 67.7 Å². The van der Waals surface area contributed by atoms with Crippen LogP contribution >= 0.6 is 0 Å². The second-order valence-electron chi connectivity index (χ2n) is 9.14. The Morgan fingerprint density at radius 1 is 1.18 bits per heavy atom. The van der Waals surface area contributed by atoms with Gasteiger partial charge in [-0.05, 0) is 62.1 Å². The fourth-order valence-corrected chi connectivity index (χ4v) is 5.14. The summed E-state index contributed by atoms with van der Waals surface area (Å²) in [5.74, 6) is 0.849. The number of fused-ring (bicyclic) bond motifs is 1. The summed E-state index contributed by atoms with van der Waals surface area (Å²) in [5, 5.41) is 6.75. The number of rotatable bonds is 5. The molecule has 176 valence electrons. The lowest BCUT2D eigenvalue weighted by Crippen LogP contribution is -2.49. The van der Waals surface area contributed by atoms with Crippen LogP contribution in [0.15, 0.2) is 36.4 Å². The number of benzene rings is 1. The average molecular weight is 451 g/mol. The monoisotopic (exact) mass is 450 g/mol. The van der Waals surface area contributed by atoms with E-state index in [-0.39, 0.29) is 35.9 Å². The summed E-state index contributed by atoms with van der Waals surface area (Å²) in [6.45, 7) is 9.20. The number of aryl methyl sites for hydroxylation is 1. The third-order valence-corrected chi connectivity index (χ3v) is 6.85. The highest BCUT2D eigenvalue weighted by Gasteiger charge is 2.40. The molecule has 0 bridgehead atoms. The molecular weight excluding hydrogens is 416 g/mol. The molecule has 2 N–H and O–H groups in total. The van der Waals surface area contributed by atoms with Crippen molar-refractivity contribution in [1.82, 2.24) is 10.3 Å². The summed E-state index contributed by atoms with van der Waals surface area (Å²) in [4.78, 5) is 32.3. The third kappa shape index (κ3) is 4.88. The summed E-state index contributed by atoms with van der Waals surface area (Å²) in [6, 6.07) is 11.7. The quantitative estimate of drug-likeness (QED) is 0.712. The molecule has 0 radical (unpaired) electrons. The van der Waals surface area contributed by atoms with Crippen LogP contribution < -0.4 is 15.5 Å². The number of ether oxygens (including phenoxy) is 1. The number of hydrogen-bond donors (Lipinski definition) is 2. The molecule has 3 atom stereocenters. The van der Waals surface area contributed by atoms with E-state index in [1.165, 1.54) is 0 Å². The van der Waals surface area contributed by atoms with E-state index in [9.17, 15) is 9.59 Å². The van der Waals surface area contributed by atoms with Crippen LogP contribution in [-0.4, -0.2) is 42.1 Å². The Kier molecular flexibility index (Phi) is 6.98. The molecular formula is C26H34N4O3. The minimum absolute atomic E-state index is 0.0153. The molecule has 4 rings (SSSR count). The predicted octanol–water partition coefficient (Wildman–Crippen LogP) is 4.23. The van der Waals surface area contributed by atoms with Crippen molar-refractivity contribution in [2.75, 3.05) is 23.4 Å². The molecule has 3 heterocycles. The minimum atomic E-state index is -0.0863. The van der Waals surface area contributed by atoms with Crippen molar-refractivity contribution in [2.45, 2.75) is 65.1 Å². The Hall–Kier alpha value is -2.93. The number of aromatic nitrogens is 1. The van der Waals surface area contributed by atoms with Crippen molar-refractivity contribution in [3.05, 3.63) is 53.2 Å². The Balaban J connectivity index is 1.71. The van der Waals surface area contributed by atoms with Crippen molar-refractivity contribution in [2.24, 2.45) is 5.92 Å². The fourth-order valence-electron chi connectivity index (χ4n) is 5.14. The second-order valence-corrected chi connectivity index (χ2v) is 9.14. The van der Waals surface area contributed by atoms with E-state index < -0.39 is 0 Å². The van der Waals surface area contributed by atoms with Crippen LogP contribution in [0.3, 0.4) is 0 Å². The van der Waals surface area contributed by atoms with Crippen molar-refractivity contribution in [3.8, 4) is 0 Å². The van der Waals surface area contributed by atoms with Gasteiger partial charge in [0.25, 0.3) is 5.91 Å². The van der Waals surface area contributed by atoms with E-state index in [1.807, 2.05) is 48.2 Å². The summed E-state index contributed by atoms with van der Waals surface area (Å²) >= 11 is 0. The van der Waals surface area contributed by atoms with Gasteiger partial charge in [0, 0.05) is 55.1 Å². The normalized spacial score (nSPS) is 23.0. The largest absolute Gasteiger partial charge is 0.381 e. The maximum Gasteiger partial charge on any atom is 0.251 e. The van der Waals surface area contributed by atoms with E-state index in [0.29, 0.717) is 18.8 Å². The van der Waals surface area contributed by atoms with Crippen LogP contribution in [-0.2, 0) is 9.53 Å². The van der Waals surface area contributed by atoms with Crippen LogP contribution in [0.4, 0.5) is 11.5 Å². The van der Waals surface area contributed by atoms with Gasteiger partial charge in [0.05, 0.1) is 6.04 Å². The number of carbonyl (C=O) groups is 2. The smallest absolute Gasteiger partial charge is 0.251 e. The standard InChI is InChI=1S/C26H34N4O3/c1-5-22-17(3)25(29-24-8-6-7-16(2)27-24)21-15-19(9-10-23(21)30(22)18(4)31)26(32)28-20-11-13-33-14-12-20/h6-10,15,17,20,22,25H,5,11-14H2,1-4H3,(H,27,29)(H,28,32)/t17-,22-,25?/m0/s1. The number of nitrogens with one attached hydrogen (secondary N) is 2. The number of carbonyl (C=O) groups excluding carboxylic acids is 2. The summed E-state index contributed by atoms with van der Waals surface area (Å²) < 4.78 is 5.40.